The molecule has 2 heterocycles. The van der Waals surface area contributed by atoms with Crippen molar-refractivity contribution in [1.82, 2.24) is 5.32 Å². The van der Waals surface area contributed by atoms with Gasteiger partial charge in [-0.3, -0.25) is 14.0 Å². The second-order valence-corrected chi connectivity index (χ2v) is 11.0. The molecule has 5 nitrogen and oxygen atoms in total. The van der Waals surface area contributed by atoms with Gasteiger partial charge in [-0.25, -0.2) is 4.39 Å². The minimum absolute atomic E-state index is 0.211. The molecule has 1 spiro atoms. The highest BCUT2D eigenvalue weighted by Gasteiger charge is 2.46. The molecule has 1 saturated carbocycles. The average molecular weight is 468 g/mol. The number of carbonyl (C=O) groups is 1. The zero-order chi connectivity index (χ0) is 21.3. The molecule has 2 aromatic rings. The van der Waals surface area contributed by atoms with Crippen LogP contribution in [0.25, 0.3) is 0 Å². The molecule has 1 aliphatic carbocycles. The molecule has 2 aliphatic rings. The van der Waals surface area contributed by atoms with Crippen molar-refractivity contribution in [2.45, 2.75) is 49.4 Å². The van der Waals surface area contributed by atoms with Gasteiger partial charge < -0.3 is 11.1 Å². The summed E-state index contributed by atoms with van der Waals surface area (Å²) in [6.07, 6.45) is 4.80. The Kier molecular flexibility index (Phi) is 6.27. The van der Waals surface area contributed by atoms with Crippen LogP contribution in [-0.4, -0.2) is 26.5 Å². The van der Waals surface area contributed by atoms with Gasteiger partial charge in [0, 0.05) is 22.2 Å². The SMILES string of the molecule is NC1=N[C@H](c2sc(C(=O)NCc3cccc(F)c3)cc2Cl)CS(=O)C12CCCCC2. The minimum atomic E-state index is -1.13. The van der Waals surface area contributed by atoms with Crippen molar-refractivity contribution in [3.05, 3.63) is 56.5 Å². The van der Waals surface area contributed by atoms with Crippen LogP contribution < -0.4 is 11.1 Å². The maximum absolute atomic E-state index is 13.3. The number of amidine groups is 1. The number of benzene rings is 1. The van der Waals surface area contributed by atoms with Gasteiger partial charge in [0.1, 0.15) is 16.4 Å². The average Bonchev–Trinajstić information content (AvgIpc) is 3.13. The van der Waals surface area contributed by atoms with E-state index < -0.39 is 21.6 Å². The number of hydrogen-bond acceptors (Lipinski definition) is 5. The second kappa shape index (κ2) is 8.77. The summed E-state index contributed by atoms with van der Waals surface area (Å²) < 4.78 is 25.9. The normalized spacial score (nSPS) is 23.2. The summed E-state index contributed by atoms with van der Waals surface area (Å²) in [6, 6.07) is 7.27. The van der Waals surface area contributed by atoms with Crippen molar-refractivity contribution in [2.24, 2.45) is 10.7 Å². The van der Waals surface area contributed by atoms with Crippen molar-refractivity contribution in [3.8, 4) is 0 Å². The fourth-order valence-electron chi connectivity index (χ4n) is 4.12. The van der Waals surface area contributed by atoms with Crippen LogP contribution >= 0.6 is 22.9 Å². The van der Waals surface area contributed by atoms with E-state index >= 15 is 0 Å². The van der Waals surface area contributed by atoms with E-state index in [4.69, 9.17) is 17.3 Å². The van der Waals surface area contributed by atoms with Gasteiger partial charge in [-0.2, -0.15) is 0 Å². The number of nitrogens with zero attached hydrogens (tertiary/aromatic N) is 1. The molecule has 1 unspecified atom stereocenters. The number of amides is 1. The van der Waals surface area contributed by atoms with Gasteiger partial charge in [0.15, 0.2) is 0 Å². The summed E-state index contributed by atoms with van der Waals surface area (Å²) >= 11 is 7.64. The third-order valence-electron chi connectivity index (χ3n) is 5.75. The van der Waals surface area contributed by atoms with Crippen LogP contribution in [0.2, 0.25) is 5.02 Å². The quantitative estimate of drug-likeness (QED) is 0.701. The summed E-state index contributed by atoms with van der Waals surface area (Å²) in [6.45, 7) is 0.211. The lowest BCUT2D eigenvalue weighted by atomic mass is 9.87. The molecule has 9 heteroatoms. The van der Waals surface area contributed by atoms with E-state index in [2.05, 4.69) is 10.3 Å². The number of thiophene rings is 1. The first-order chi connectivity index (χ1) is 14.4. The van der Waals surface area contributed by atoms with E-state index in [1.807, 2.05) is 0 Å². The Morgan fingerprint density at radius 3 is 2.80 bits per heavy atom. The molecule has 1 aromatic heterocycles. The highest BCUT2D eigenvalue weighted by molar-refractivity contribution is 7.87. The fourth-order valence-corrected chi connectivity index (χ4v) is 7.53. The van der Waals surface area contributed by atoms with Gasteiger partial charge in [0.25, 0.3) is 5.91 Å². The summed E-state index contributed by atoms with van der Waals surface area (Å²) in [7, 11) is -1.13. The molecule has 30 heavy (non-hydrogen) atoms. The van der Waals surface area contributed by atoms with Crippen molar-refractivity contribution in [1.29, 1.82) is 0 Å². The van der Waals surface area contributed by atoms with E-state index in [1.165, 1.54) is 23.5 Å². The molecule has 0 bridgehead atoms. The first-order valence-electron chi connectivity index (χ1n) is 9.93. The van der Waals surface area contributed by atoms with Gasteiger partial charge in [-0.15, -0.1) is 11.3 Å². The Balaban J connectivity index is 1.50. The largest absolute Gasteiger partial charge is 0.386 e. The number of rotatable bonds is 4. The zero-order valence-electron chi connectivity index (χ0n) is 16.3. The molecule has 1 aromatic carbocycles. The van der Waals surface area contributed by atoms with E-state index in [1.54, 1.807) is 18.2 Å². The number of carbonyl (C=O) groups excluding carboxylic acids is 1. The summed E-state index contributed by atoms with van der Waals surface area (Å²) in [4.78, 5) is 18.4. The lowest BCUT2D eigenvalue weighted by Gasteiger charge is -2.39. The number of aliphatic imine (C=N–C) groups is 1. The first kappa shape index (κ1) is 21.5. The summed E-state index contributed by atoms with van der Waals surface area (Å²) in [5.41, 5.74) is 6.98. The Morgan fingerprint density at radius 1 is 1.33 bits per heavy atom. The predicted octanol–water partition coefficient (Wildman–Crippen LogP) is 4.33. The smallest absolute Gasteiger partial charge is 0.261 e. The van der Waals surface area contributed by atoms with Gasteiger partial charge in [0.05, 0.1) is 21.7 Å². The molecule has 2 atom stereocenters. The van der Waals surface area contributed by atoms with Crippen LogP contribution in [0.4, 0.5) is 4.39 Å². The second-order valence-electron chi connectivity index (χ2n) is 7.73. The molecule has 160 valence electrons. The molecule has 0 saturated heterocycles. The molecule has 0 radical (unpaired) electrons. The minimum Gasteiger partial charge on any atom is -0.386 e. The van der Waals surface area contributed by atoms with Gasteiger partial charge in [-0.1, -0.05) is 43.0 Å². The topological polar surface area (TPSA) is 84.5 Å². The van der Waals surface area contributed by atoms with Crippen molar-refractivity contribution < 1.29 is 13.4 Å². The van der Waals surface area contributed by atoms with Crippen LogP contribution in [0.15, 0.2) is 35.3 Å². The lowest BCUT2D eigenvalue weighted by Crippen LogP contribution is -2.53. The van der Waals surface area contributed by atoms with E-state index in [0.29, 0.717) is 31.9 Å². The monoisotopic (exact) mass is 467 g/mol. The number of nitrogens with two attached hydrogens (primary N) is 1. The molecule has 1 fully saturated rings. The summed E-state index contributed by atoms with van der Waals surface area (Å²) in [5.74, 6) is 0.179. The molecule has 1 amide bonds. The highest BCUT2D eigenvalue weighted by atomic mass is 35.5. The Hall–Kier alpha value is -1.77. The van der Waals surface area contributed by atoms with Gasteiger partial charge in [-0.05, 0) is 36.6 Å². The van der Waals surface area contributed by atoms with Crippen molar-refractivity contribution >= 4 is 45.5 Å². The fraction of sp³-hybridized carbons (Fsp3) is 0.429. The highest BCUT2D eigenvalue weighted by Crippen LogP contribution is 2.42. The van der Waals surface area contributed by atoms with Crippen molar-refractivity contribution in [3.63, 3.8) is 0 Å². The van der Waals surface area contributed by atoms with Crippen LogP contribution in [0.1, 0.15) is 58.3 Å². The molecular formula is C21H23ClFN3O2S2. The molecular weight excluding hydrogens is 445 g/mol. The Bertz CT molecular complexity index is 1020. The van der Waals surface area contributed by atoms with E-state index in [0.717, 1.165) is 32.1 Å². The molecule has 3 N–H and O–H groups in total. The Morgan fingerprint density at radius 2 is 2.10 bits per heavy atom. The maximum Gasteiger partial charge on any atom is 0.261 e. The van der Waals surface area contributed by atoms with E-state index in [9.17, 15) is 13.4 Å². The standard InChI is InChI=1S/C21H23ClFN3O2S2/c22-15-10-17(19(27)25-11-13-5-4-6-14(23)9-13)29-18(15)16-12-30(28)21(20(24)26-16)7-2-1-3-8-21/h4-6,9-10,16H,1-3,7-8,11-12H2,(H2,24,26)(H,25,27)/t16-,30?/m0/s1. The predicted molar refractivity (Wildman–Crippen MR) is 120 cm³/mol. The molecule has 1 aliphatic heterocycles. The Labute approximate surface area is 186 Å². The van der Waals surface area contributed by atoms with Crippen LogP contribution in [0, 0.1) is 5.82 Å². The number of halogens is 2. The third-order valence-corrected chi connectivity index (χ3v) is 9.52. The lowest BCUT2D eigenvalue weighted by molar-refractivity contribution is 0.0955. The number of hydrogen-bond donors (Lipinski definition) is 2. The van der Waals surface area contributed by atoms with Gasteiger partial charge in [0.2, 0.25) is 0 Å². The summed E-state index contributed by atoms with van der Waals surface area (Å²) in [5, 5.41) is 3.20. The van der Waals surface area contributed by atoms with Crippen LogP contribution in [0.5, 0.6) is 0 Å². The third kappa shape index (κ3) is 4.18. The van der Waals surface area contributed by atoms with Crippen LogP contribution in [0.3, 0.4) is 0 Å². The zero-order valence-corrected chi connectivity index (χ0v) is 18.7. The van der Waals surface area contributed by atoms with E-state index in [-0.39, 0.29) is 18.3 Å². The first-order valence-corrected chi connectivity index (χ1v) is 12.4. The van der Waals surface area contributed by atoms with Gasteiger partial charge >= 0.3 is 0 Å². The van der Waals surface area contributed by atoms with Crippen molar-refractivity contribution in [2.75, 3.05) is 5.75 Å². The number of nitrogens with one attached hydrogen (secondary N) is 1. The molecule has 4 rings (SSSR count). The maximum atomic E-state index is 13.3. The van der Waals surface area contributed by atoms with Crippen LogP contribution in [-0.2, 0) is 17.3 Å².